The molecular weight excluding hydrogens is 222 g/mol. The highest BCUT2D eigenvalue weighted by Crippen LogP contribution is 2.23. The number of rotatable bonds is 2. The van der Waals surface area contributed by atoms with Crippen LogP contribution in [-0.4, -0.2) is 9.78 Å². The maximum Gasteiger partial charge on any atom is 0.0723 e. The van der Waals surface area contributed by atoms with Gasteiger partial charge in [0.05, 0.1) is 11.7 Å². The highest BCUT2D eigenvalue weighted by atomic mass is 35.5. The number of benzene rings is 1. The van der Waals surface area contributed by atoms with E-state index in [0.717, 1.165) is 21.8 Å². The third-order valence-corrected chi connectivity index (χ3v) is 3.14. The van der Waals surface area contributed by atoms with Gasteiger partial charge in [0.2, 0.25) is 0 Å². The Labute approximate surface area is 99.8 Å². The Morgan fingerprint density at radius 1 is 1.38 bits per heavy atom. The summed E-state index contributed by atoms with van der Waals surface area (Å²) >= 11 is 6.08. The number of hydrogen-bond acceptors (Lipinski definition) is 2. The van der Waals surface area contributed by atoms with Gasteiger partial charge in [-0.1, -0.05) is 23.7 Å². The predicted octanol–water partition coefficient (Wildman–Crippen LogP) is 2.43. The van der Waals surface area contributed by atoms with Crippen LogP contribution in [0.5, 0.6) is 0 Å². The number of halogens is 1. The third-order valence-electron chi connectivity index (χ3n) is 2.73. The summed E-state index contributed by atoms with van der Waals surface area (Å²) in [6.07, 6.45) is 1.74. The van der Waals surface area contributed by atoms with Crippen molar-refractivity contribution in [1.82, 2.24) is 9.78 Å². The molecule has 1 unspecified atom stereocenters. The van der Waals surface area contributed by atoms with Crippen LogP contribution in [0.25, 0.3) is 0 Å². The average molecular weight is 236 g/mol. The van der Waals surface area contributed by atoms with Gasteiger partial charge < -0.3 is 5.73 Å². The van der Waals surface area contributed by atoms with E-state index < -0.39 is 0 Å². The molecule has 2 N–H and O–H groups in total. The number of aryl methyl sites for hydroxylation is 2. The SMILES string of the molecule is Cc1ccc(C(N)c2ccnn2C)cc1Cl. The van der Waals surface area contributed by atoms with Crippen molar-refractivity contribution in [2.24, 2.45) is 12.8 Å². The van der Waals surface area contributed by atoms with E-state index in [1.54, 1.807) is 10.9 Å². The van der Waals surface area contributed by atoms with Crippen molar-refractivity contribution in [2.75, 3.05) is 0 Å². The van der Waals surface area contributed by atoms with E-state index in [9.17, 15) is 0 Å². The summed E-state index contributed by atoms with van der Waals surface area (Å²) in [7, 11) is 1.88. The van der Waals surface area contributed by atoms with Gasteiger partial charge in [0.1, 0.15) is 0 Å². The van der Waals surface area contributed by atoms with Crippen molar-refractivity contribution in [1.29, 1.82) is 0 Å². The summed E-state index contributed by atoms with van der Waals surface area (Å²) in [5.41, 5.74) is 9.19. The third kappa shape index (κ3) is 1.96. The lowest BCUT2D eigenvalue weighted by atomic mass is 10.0. The van der Waals surface area contributed by atoms with E-state index >= 15 is 0 Å². The molecule has 2 aromatic rings. The Morgan fingerprint density at radius 3 is 2.69 bits per heavy atom. The summed E-state index contributed by atoms with van der Waals surface area (Å²) in [4.78, 5) is 0. The first kappa shape index (κ1) is 11.2. The molecule has 1 atom stereocenters. The lowest BCUT2D eigenvalue weighted by molar-refractivity contribution is 0.673. The van der Waals surface area contributed by atoms with E-state index in [-0.39, 0.29) is 6.04 Å². The number of hydrogen-bond donors (Lipinski definition) is 1. The molecule has 0 bridgehead atoms. The Kier molecular flexibility index (Phi) is 2.99. The van der Waals surface area contributed by atoms with E-state index in [2.05, 4.69) is 5.10 Å². The van der Waals surface area contributed by atoms with Crippen molar-refractivity contribution in [3.8, 4) is 0 Å². The maximum absolute atomic E-state index is 6.16. The fraction of sp³-hybridized carbons (Fsp3) is 0.250. The molecule has 16 heavy (non-hydrogen) atoms. The first-order valence-corrected chi connectivity index (χ1v) is 5.47. The second-order valence-electron chi connectivity index (χ2n) is 3.87. The van der Waals surface area contributed by atoms with Crippen molar-refractivity contribution in [3.63, 3.8) is 0 Å². The molecule has 1 aromatic heterocycles. The molecule has 0 saturated heterocycles. The van der Waals surface area contributed by atoms with Crippen LogP contribution >= 0.6 is 11.6 Å². The van der Waals surface area contributed by atoms with Gasteiger partial charge in [-0.15, -0.1) is 0 Å². The monoisotopic (exact) mass is 235 g/mol. The van der Waals surface area contributed by atoms with E-state index in [0.29, 0.717) is 0 Å². The molecule has 4 heteroatoms. The first-order valence-electron chi connectivity index (χ1n) is 5.09. The maximum atomic E-state index is 6.16. The zero-order chi connectivity index (χ0) is 11.7. The molecule has 1 heterocycles. The molecule has 0 aliphatic heterocycles. The Morgan fingerprint density at radius 2 is 2.12 bits per heavy atom. The number of nitrogens with two attached hydrogens (primary N) is 1. The second-order valence-corrected chi connectivity index (χ2v) is 4.27. The van der Waals surface area contributed by atoms with Crippen molar-refractivity contribution < 1.29 is 0 Å². The summed E-state index contributed by atoms with van der Waals surface area (Å²) < 4.78 is 1.78. The molecule has 1 aromatic carbocycles. The topological polar surface area (TPSA) is 43.8 Å². The molecule has 0 amide bonds. The van der Waals surface area contributed by atoms with Gasteiger partial charge in [-0.25, -0.2) is 0 Å². The van der Waals surface area contributed by atoms with E-state index in [1.165, 1.54) is 0 Å². The molecule has 0 aliphatic carbocycles. The summed E-state index contributed by atoms with van der Waals surface area (Å²) in [6, 6.07) is 7.62. The van der Waals surface area contributed by atoms with Crippen molar-refractivity contribution in [2.45, 2.75) is 13.0 Å². The molecule has 0 saturated carbocycles. The summed E-state index contributed by atoms with van der Waals surface area (Å²) in [5, 5.41) is 4.85. The highest BCUT2D eigenvalue weighted by Gasteiger charge is 2.13. The minimum Gasteiger partial charge on any atom is -0.319 e. The van der Waals surface area contributed by atoms with Gasteiger partial charge in [-0.2, -0.15) is 5.10 Å². The zero-order valence-electron chi connectivity index (χ0n) is 9.31. The Hall–Kier alpha value is -1.32. The van der Waals surface area contributed by atoms with E-state index in [1.807, 2.05) is 38.2 Å². The van der Waals surface area contributed by atoms with Gasteiger partial charge in [0.15, 0.2) is 0 Å². The average Bonchev–Trinajstić information content (AvgIpc) is 2.67. The minimum absolute atomic E-state index is 0.189. The lowest BCUT2D eigenvalue weighted by Crippen LogP contribution is -2.15. The van der Waals surface area contributed by atoms with Crippen LogP contribution in [0.1, 0.15) is 22.9 Å². The lowest BCUT2D eigenvalue weighted by Gasteiger charge is -2.13. The van der Waals surface area contributed by atoms with Crippen LogP contribution < -0.4 is 5.73 Å². The number of nitrogens with zero attached hydrogens (tertiary/aromatic N) is 2. The largest absolute Gasteiger partial charge is 0.319 e. The van der Waals surface area contributed by atoms with Crippen LogP contribution in [-0.2, 0) is 7.05 Å². The predicted molar refractivity (Wildman–Crippen MR) is 65.4 cm³/mol. The van der Waals surface area contributed by atoms with Crippen LogP contribution in [0.2, 0.25) is 5.02 Å². The molecule has 0 fully saturated rings. The van der Waals surface area contributed by atoms with Crippen LogP contribution in [0.15, 0.2) is 30.5 Å². The molecular formula is C12H14ClN3. The normalized spacial score (nSPS) is 12.8. The quantitative estimate of drug-likeness (QED) is 0.869. The van der Waals surface area contributed by atoms with Gasteiger partial charge in [0.25, 0.3) is 0 Å². The van der Waals surface area contributed by atoms with Gasteiger partial charge in [-0.3, -0.25) is 4.68 Å². The molecule has 0 radical (unpaired) electrons. The molecule has 0 spiro atoms. The van der Waals surface area contributed by atoms with Crippen LogP contribution in [0.4, 0.5) is 0 Å². The van der Waals surface area contributed by atoms with Crippen LogP contribution in [0, 0.1) is 6.92 Å². The Bertz CT molecular complexity index is 505. The minimum atomic E-state index is -0.189. The smallest absolute Gasteiger partial charge is 0.0723 e. The van der Waals surface area contributed by atoms with Gasteiger partial charge in [0, 0.05) is 18.3 Å². The van der Waals surface area contributed by atoms with Gasteiger partial charge in [-0.05, 0) is 30.2 Å². The summed E-state index contributed by atoms with van der Waals surface area (Å²) in [5.74, 6) is 0. The molecule has 0 aliphatic rings. The first-order chi connectivity index (χ1) is 7.59. The fourth-order valence-electron chi connectivity index (χ4n) is 1.66. The van der Waals surface area contributed by atoms with Crippen molar-refractivity contribution in [3.05, 3.63) is 52.3 Å². The molecule has 2 rings (SSSR count). The van der Waals surface area contributed by atoms with Gasteiger partial charge >= 0.3 is 0 Å². The zero-order valence-corrected chi connectivity index (χ0v) is 10.1. The van der Waals surface area contributed by atoms with Crippen molar-refractivity contribution >= 4 is 11.6 Å². The van der Waals surface area contributed by atoms with E-state index in [4.69, 9.17) is 17.3 Å². The number of aromatic nitrogens is 2. The molecule has 3 nitrogen and oxygen atoms in total. The van der Waals surface area contributed by atoms with Crippen LogP contribution in [0.3, 0.4) is 0 Å². The summed E-state index contributed by atoms with van der Waals surface area (Å²) in [6.45, 7) is 1.97. The standard InChI is InChI=1S/C12H14ClN3/c1-8-3-4-9(7-10(8)13)12(14)11-5-6-15-16(11)2/h3-7,12H,14H2,1-2H3. The molecule has 84 valence electrons. The highest BCUT2D eigenvalue weighted by molar-refractivity contribution is 6.31. The Balaban J connectivity index is 2.38. The second kappa shape index (κ2) is 4.28. The fourth-order valence-corrected chi connectivity index (χ4v) is 1.85.